The average molecular weight is 248 g/mol. The van der Waals surface area contributed by atoms with Crippen molar-refractivity contribution in [2.75, 3.05) is 20.3 Å². The summed E-state index contributed by atoms with van der Waals surface area (Å²) in [5.41, 5.74) is 1.82. The molecule has 1 aliphatic heterocycles. The first kappa shape index (κ1) is 12.5. The van der Waals surface area contributed by atoms with E-state index < -0.39 is 0 Å². The van der Waals surface area contributed by atoms with Crippen molar-refractivity contribution in [1.29, 1.82) is 0 Å². The Balaban J connectivity index is 2.34. The fourth-order valence-electron chi connectivity index (χ4n) is 1.89. The van der Waals surface area contributed by atoms with E-state index in [1.807, 2.05) is 18.2 Å². The third-order valence-electron chi connectivity index (χ3n) is 2.74. The number of benzene rings is 1. The van der Waals surface area contributed by atoms with Gasteiger partial charge in [0, 0.05) is 18.1 Å². The molecule has 0 bridgehead atoms. The molecule has 96 valence electrons. The highest BCUT2D eigenvalue weighted by Crippen LogP contribution is 2.35. The molecule has 4 heteroatoms. The van der Waals surface area contributed by atoms with Crippen molar-refractivity contribution >= 4 is 11.5 Å². The monoisotopic (exact) mass is 248 g/mol. The van der Waals surface area contributed by atoms with E-state index in [2.05, 4.69) is 0 Å². The smallest absolute Gasteiger partial charge is 0.331 e. The number of rotatable bonds is 3. The van der Waals surface area contributed by atoms with Gasteiger partial charge in [-0.3, -0.25) is 0 Å². The largest absolute Gasteiger partial charge is 0.497 e. The Morgan fingerprint density at radius 1 is 1.50 bits per heavy atom. The summed E-state index contributed by atoms with van der Waals surface area (Å²) in [6.07, 6.45) is 2.23. The number of esters is 1. The lowest BCUT2D eigenvalue weighted by Crippen LogP contribution is -2.10. The number of carbonyl (C=O) groups is 1. The van der Waals surface area contributed by atoms with Crippen molar-refractivity contribution < 1.29 is 19.0 Å². The van der Waals surface area contributed by atoms with Crippen LogP contribution >= 0.6 is 0 Å². The van der Waals surface area contributed by atoms with Crippen LogP contribution < -0.4 is 9.47 Å². The molecule has 0 atom stereocenters. The van der Waals surface area contributed by atoms with Crippen LogP contribution in [0.4, 0.5) is 0 Å². The van der Waals surface area contributed by atoms with Gasteiger partial charge in [-0.1, -0.05) is 0 Å². The molecule has 4 nitrogen and oxygen atoms in total. The van der Waals surface area contributed by atoms with E-state index in [9.17, 15) is 4.79 Å². The highest BCUT2D eigenvalue weighted by atomic mass is 16.5. The Bertz CT molecular complexity index is 477. The summed E-state index contributed by atoms with van der Waals surface area (Å²) in [4.78, 5) is 11.5. The lowest BCUT2D eigenvalue weighted by atomic mass is 9.99. The third kappa shape index (κ3) is 2.64. The summed E-state index contributed by atoms with van der Waals surface area (Å²) in [5.74, 6) is 1.20. The lowest BCUT2D eigenvalue weighted by Gasteiger charge is -2.20. The van der Waals surface area contributed by atoms with E-state index in [0.717, 1.165) is 22.6 Å². The van der Waals surface area contributed by atoms with Crippen molar-refractivity contribution in [3.05, 3.63) is 29.8 Å². The number of hydrogen-bond acceptors (Lipinski definition) is 4. The van der Waals surface area contributed by atoms with E-state index in [4.69, 9.17) is 14.2 Å². The molecule has 1 aliphatic rings. The molecule has 0 radical (unpaired) electrons. The maximum absolute atomic E-state index is 11.5. The molecule has 1 heterocycles. The molecule has 1 aromatic rings. The van der Waals surface area contributed by atoms with Gasteiger partial charge < -0.3 is 14.2 Å². The lowest BCUT2D eigenvalue weighted by molar-refractivity contribution is -0.137. The molecular weight excluding hydrogens is 232 g/mol. The van der Waals surface area contributed by atoms with Crippen LogP contribution in [0.5, 0.6) is 11.5 Å². The predicted octanol–water partition coefficient (Wildman–Crippen LogP) is 2.42. The van der Waals surface area contributed by atoms with Gasteiger partial charge in [0.1, 0.15) is 11.5 Å². The zero-order valence-electron chi connectivity index (χ0n) is 10.6. The number of methoxy groups -OCH3 is 1. The van der Waals surface area contributed by atoms with Gasteiger partial charge in [0.25, 0.3) is 0 Å². The number of hydrogen-bond donors (Lipinski definition) is 0. The van der Waals surface area contributed by atoms with Crippen LogP contribution in [0.15, 0.2) is 24.3 Å². The molecule has 2 rings (SSSR count). The molecule has 0 saturated heterocycles. The quantitative estimate of drug-likeness (QED) is 0.608. The van der Waals surface area contributed by atoms with E-state index >= 15 is 0 Å². The first-order valence-corrected chi connectivity index (χ1v) is 5.93. The van der Waals surface area contributed by atoms with Crippen LogP contribution in [-0.4, -0.2) is 26.3 Å². The molecule has 0 spiro atoms. The van der Waals surface area contributed by atoms with Crippen LogP contribution in [0, 0.1) is 0 Å². The summed E-state index contributed by atoms with van der Waals surface area (Å²) in [5, 5.41) is 0. The molecule has 0 fully saturated rings. The molecule has 0 amide bonds. The van der Waals surface area contributed by atoms with Crippen molar-refractivity contribution in [3.8, 4) is 11.5 Å². The summed E-state index contributed by atoms with van der Waals surface area (Å²) >= 11 is 0. The first-order valence-electron chi connectivity index (χ1n) is 5.93. The van der Waals surface area contributed by atoms with E-state index in [-0.39, 0.29) is 5.97 Å². The van der Waals surface area contributed by atoms with Gasteiger partial charge in [-0.15, -0.1) is 0 Å². The number of carbonyl (C=O) groups excluding carboxylic acids is 1. The van der Waals surface area contributed by atoms with E-state index in [0.29, 0.717) is 19.6 Å². The SMILES string of the molecule is CCOC(=O)/C=C1\CCOc2ccc(OC)cc21. The molecule has 0 aliphatic carbocycles. The van der Waals surface area contributed by atoms with Gasteiger partial charge in [0.2, 0.25) is 0 Å². The predicted molar refractivity (Wildman–Crippen MR) is 67.7 cm³/mol. The average Bonchev–Trinajstić information content (AvgIpc) is 2.39. The molecule has 18 heavy (non-hydrogen) atoms. The molecule has 0 N–H and O–H groups in total. The van der Waals surface area contributed by atoms with Gasteiger partial charge >= 0.3 is 5.97 Å². The second-order valence-corrected chi connectivity index (χ2v) is 3.88. The van der Waals surface area contributed by atoms with Crippen LogP contribution in [-0.2, 0) is 9.53 Å². The van der Waals surface area contributed by atoms with Gasteiger partial charge in [0.15, 0.2) is 0 Å². The van der Waals surface area contributed by atoms with Crippen LogP contribution in [0.25, 0.3) is 5.57 Å². The van der Waals surface area contributed by atoms with Crippen molar-refractivity contribution in [3.63, 3.8) is 0 Å². The highest BCUT2D eigenvalue weighted by molar-refractivity contribution is 5.92. The van der Waals surface area contributed by atoms with E-state index in [1.54, 1.807) is 14.0 Å². The molecule has 1 aromatic carbocycles. The minimum Gasteiger partial charge on any atom is -0.497 e. The minimum absolute atomic E-state index is 0.317. The van der Waals surface area contributed by atoms with Crippen molar-refractivity contribution in [1.82, 2.24) is 0 Å². The summed E-state index contributed by atoms with van der Waals surface area (Å²) in [7, 11) is 1.61. The van der Waals surface area contributed by atoms with Gasteiger partial charge in [-0.05, 0) is 30.7 Å². The Labute approximate surface area is 106 Å². The Morgan fingerprint density at radius 3 is 3.06 bits per heavy atom. The zero-order valence-corrected chi connectivity index (χ0v) is 10.6. The Morgan fingerprint density at radius 2 is 2.33 bits per heavy atom. The molecular formula is C14H16O4. The minimum atomic E-state index is -0.317. The Kier molecular flexibility index (Phi) is 3.87. The fourth-order valence-corrected chi connectivity index (χ4v) is 1.89. The van der Waals surface area contributed by atoms with Crippen LogP contribution in [0.2, 0.25) is 0 Å². The second-order valence-electron chi connectivity index (χ2n) is 3.88. The maximum atomic E-state index is 11.5. The second kappa shape index (κ2) is 5.58. The topological polar surface area (TPSA) is 44.8 Å². The fraction of sp³-hybridized carbons (Fsp3) is 0.357. The molecule has 0 aromatic heterocycles. The molecule has 0 unspecified atom stereocenters. The molecule has 0 saturated carbocycles. The standard InChI is InChI=1S/C14H16O4/c1-3-17-14(15)8-10-6-7-18-13-5-4-11(16-2)9-12(10)13/h4-5,8-9H,3,6-7H2,1-2H3/b10-8+. The highest BCUT2D eigenvalue weighted by Gasteiger charge is 2.17. The number of ether oxygens (including phenoxy) is 3. The van der Waals surface area contributed by atoms with Crippen LogP contribution in [0.1, 0.15) is 18.9 Å². The van der Waals surface area contributed by atoms with E-state index in [1.165, 1.54) is 6.08 Å². The van der Waals surface area contributed by atoms with Gasteiger partial charge in [0.05, 0.1) is 20.3 Å². The number of fused-ring (bicyclic) bond motifs is 1. The third-order valence-corrected chi connectivity index (χ3v) is 2.74. The summed E-state index contributed by atoms with van der Waals surface area (Å²) < 4.78 is 15.7. The summed E-state index contributed by atoms with van der Waals surface area (Å²) in [6, 6.07) is 5.57. The van der Waals surface area contributed by atoms with Crippen molar-refractivity contribution in [2.24, 2.45) is 0 Å². The first-order chi connectivity index (χ1) is 8.74. The zero-order chi connectivity index (χ0) is 13.0. The van der Waals surface area contributed by atoms with Crippen LogP contribution in [0.3, 0.4) is 0 Å². The maximum Gasteiger partial charge on any atom is 0.331 e. The Hall–Kier alpha value is -1.97. The van der Waals surface area contributed by atoms with Crippen molar-refractivity contribution in [2.45, 2.75) is 13.3 Å². The summed E-state index contributed by atoms with van der Waals surface area (Å²) in [6.45, 7) is 2.74. The normalized spacial score (nSPS) is 15.8. The van der Waals surface area contributed by atoms with Gasteiger partial charge in [-0.25, -0.2) is 4.79 Å². The van der Waals surface area contributed by atoms with Gasteiger partial charge in [-0.2, -0.15) is 0 Å².